The van der Waals surface area contributed by atoms with E-state index in [1.165, 1.54) is 0 Å². The van der Waals surface area contributed by atoms with Gasteiger partial charge in [0.2, 0.25) is 11.8 Å². The largest absolute Gasteiger partial charge is 0.396 e. The SMILES string of the molecule is CC(C)(CCCO)CNC(=O)C1CCC(F)(F)CC1. The van der Waals surface area contributed by atoms with Crippen LogP contribution < -0.4 is 5.32 Å². The molecule has 0 aromatic rings. The van der Waals surface area contributed by atoms with Crippen molar-refractivity contribution in [3.05, 3.63) is 0 Å². The second kappa shape index (κ2) is 6.64. The Morgan fingerprint density at radius 3 is 2.47 bits per heavy atom. The first-order chi connectivity index (χ1) is 8.76. The predicted molar refractivity (Wildman–Crippen MR) is 70.0 cm³/mol. The number of hydrogen-bond donors (Lipinski definition) is 2. The molecule has 1 amide bonds. The van der Waals surface area contributed by atoms with Gasteiger partial charge in [-0.3, -0.25) is 4.79 Å². The fourth-order valence-corrected chi connectivity index (χ4v) is 2.42. The Bertz CT molecular complexity index is 296. The van der Waals surface area contributed by atoms with Gasteiger partial charge < -0.3 is 10.4 Å². The third-order valence-electron chi connectivity index (χ3n) is 3.84. The number of alkyl halides is 2. The van der Waals surface area contributed by atoms with Crippen molar-refractivity contribution in [3.63, 3.8) is 0 Å². The summed E-state index contributed by atoms with van der Waals surface area (Å²) in [7, 11) is 0. The molecule has 0 bridgehead atoms. The number of aliphatic hydroxyl groups excluding tert-OH is 1. The van der Waals surface area contributed by atoms with E-state index in [0.717, 1.165) is 6.42 Å². The molecule has 1 rings (SSSR count). The standard InChI is InChI=1S/C14H25F2NO2/c1-13(2,6-3-9-18)10-17-12(19)11-4-7-14(15,16)8-5-11/h11,18H,3-10H2,1-2H3,(H,17,19). The Labute approximate surface area is 113 Å². The second-order valence-electron chi connectivity index (χ2n) is 6.34. The molecule has 0 aromatic heterocycles. The Morgan fingerprint density at radius 2 is 1.95 bits per heavy atom. The second-order valence-corrected chi connectivity index (χ2v) is 6.34. The van der Waals surface area contributed by atoms with Crippen LogP contribution in [0.3, 0.4) is 0 Å². The summed E-state index contributed by atoms with van der Waals surface area (Å²) in [5, 5.41) is 11.7. The fourth-order valence-electron chi connectivity index (χ4n) is 2.42. The molecule has 3 nitrogen and oxygen atoms in total. The van der Waals surface area contributed by atoms with Crippen molar-refractivity contribution in [3.8, 4) is 0 Å². The molecule has 0 aliphatic heterocycles. The molecule has 0 saturated heterocycles. The van der Waals surface area contributed by atoms with Crippen molar-refractivity contribution in [2.45, 2.75) is 58.3 Å². The molecule has 0 spiro atoms. The molecule has 1 fully saturated rings. The Hall–Kier alpha value is -0.710. The molecule has 2 N–H and O–H groups in total. The minimum atomic E-state index is -2.59. The maximum atomic E-state index is 13.0. The van der Waals surface area contributed by atoms with E-state index in [4.69, 9.17) is 5.11 Å². The van der Waals surface area contributed by atoms with Crippen molar-refractivity contribution in [1.29, 1.82) is 0 Å². The van der Waals surface area contributed by atoms with Gasteiger partial charge in [-0.05, 0) is 31.1 Å². The molecule has 1 saturated carbocycles. The number of amides is 1. The van der Waals surface area contributed by atoms with Crippen LogP contribution in [-0.4, -0.2) is 30.1 Å². The number of carbonyl (C=O) groups excluding carboxylic acids is 1. The number of carbonyl (C=O) groups is 1. The average Bonchev–Trinajstić information content (AvgIpc) is 2.34. The van der Waals surface area contributed by atoms with E-state index >= 15 is 0 Å². The maximum Gasteiger partial charge on any atom is 0.248 e. The molecule has 5 heteroatoms. The molecular formula is C14H25F2NO2. The minimum absolute atomic E-state index is 0.0724. The highest BCUT2D eigenvalue weighted by atomic mass is 19.3. The van der Waals surface area contributed by atoms with Crippen LogP contribution in [0.15, 0.2) is 0 Å². The van der Waals surface area contributed by atoms with Crippen molar-refractivity contribution in [2.24, 2.45) is 11.3 Å². The van der Waals surface area contributed by atoms with Gasteiger partial charge in [-0.2, -0.15) is 0 Å². The van der Waals surface area contributed by atoms with Crippen molar-refractivity contribution in [1.82, 2.24) is 5.32 Å². The zero-order chi connectivity index (χ0) is 14.5. The van der Waals surface area contributed by atoms with Gasteiger partial charge in [-0.15, -0.1) is 0 Å². The highest BCUT2D eigenvalue weighted by Gasteiger charge is 2.37. The van der Waals surface area contributed by atoms with E-state index in [-0.39, 0.29) is 49.5 Å². The van der Waals surface area contributed by atoms with Gasteiger partial charge in [0.15, 0.2) is 0 Å². The summed E-state index contributed by atoms with van der Waals surface area (Å²) in [5.74, 6) is -2.96. The van der Waals surface area contributed by atoms with Gasteiger partial charge in [0.1, 0.15) is 0 Å². The van der Waals surface area contributed by atoms with Gasteiger partial charge in [-0.25, -0.2) is 8.78 Å². The van der Waals surface area contributed by atoms with Gasteiger partial charge in [-0.1, -0.05) is 13.8 Å². The first-order valence-corrected chi connectivity index (χ1v) is 7.02. The highest BCUT2D eigenvalue weighted by molar-refractivity contribution is 5.78. The van der Waals surface area contributed by atoms with E-state index < -0.39 is 5.92 Å². The first-order valence-electron chi connectivity index (χ1n) is 7.02. The summed E-state index contributed by atoms with van der Waals surface area (Å²) in [6.45, 7) is 4.73. The molecule has 1 aliphatic carbocycles. The van der Waals surface area contributed by atoms with Gasteiger partial charge in [0, 0.05) is 31.9 Å². The molecule has 112 valence electrons. The van der Waals surface area contributed by atoms with E-state index in [2.05, 4.69) is 5.32 Å². The molecule has 0 heterocycles. The lowest BCUT2D eigenvalue weighted by Crippen LogP contribution is -2.40. The van der Waals surface area contributed by atoms with Crippen LogP contribution in [0.4, 0.5) is 8.78 Å². The Kier molecular flexibility index (Phi) is 5.71. The van der Waals surface area contributed by atoms with Crippen LogP contribution in [0.5, 0.6) is 0 Å². The number of nitrogens with one attached hydrogen (secondary N) is 1. The smallest absolute Gasteiger partial charge is 0.248 e. The normalized spacial score (nSPS) is 20.3. The lowest BCUT2D eigenvalue weighted by Gasteiger charge is -2.29. The zero-order valence-electron chi connectivity index (χ0n) is 11.8. The monoisotopic (exact) mass is 277 g/mol. The third-order valence-corrected chi connectivity index (χ3v) is 3.84. The predicted octanol–water partition coefficient (Wildman–Crippen LogP) is 2.73. The summed E-state index contributed by atoms with van der Waals surface area (Å²) < 4.78 is 26.0. The highest BCUT2D eigenvalue weighted by Crippen LogP contribution is 2.36. The maximum absolute atomic E-state index is 13.0. The quantitative estimate of drug-likeness (QED) is 0.784. The van der Waals surface area contributed by atoms with Crippen molar-refractivity contribution in [2.75, 3.05) is 13.2 Å². The third kappa shape index (κ3) is 5.85. The van der Waals surface area contributed by atoms with E-state index in [0.29, 0.717) is 13.0 Å². The molecular weight excluding hydrogens is 252 g/mol. The zero-order valence-corrected chi connectivity index (χ0v) is 11.8. The molecule has 0 radical (unpaired) electrons. The van der Waals surface area contributed by atoms with E-state index in [9.17, 15) is 13.6 Å². The minimum Gasteiger partial charge on any atom is -0.396 e. The van der Waals surface area contributed by atoms with E-state index in [1.807, 2.05) is 13.8 Å². The Balaban J connectivity index is 2.32. The van der Waals surface area contributed by atoms with Crippen LogP contribution in [0.1, 0.15) is 52.4 Å². The first kappa shape index (κ1) is 16.3. The summed E-state index contributed by atoms with van der Waals surface area (Å²) >= 11 is 0. The average molecular weight is 277 g/mol. The molecule has 0 unspecified atom stereocenters. The summed E-state index contributed by atoms with van der Waals surface area (Å²) in [6, 6.07) is 0. The molecule has 0 aromatic carbocycles. The van der Waals surface area contributed by atoms with Gasteiger partial charge in [0.05, 0.1) is 0 Å². The van der Waals surface area contributed by atoms with Crippen LogP contribution in [-0.2, 0) is 4.79 Å². The Morgan fingerprint density at radius 1 is 1.37 bits per heavy atom. The summed E-state index contributed by atoms with van der Waals surface area (Å²) in [5.41, 5.74) is -0.0724. The molecule has 0 atom stereocenters. The fraction of sp³-hybridized carbons (Fsp3) is 0.929. The molecule has 19 heavy (non-hydrogen) atoms. The molecule has 1 aliphatic rings. The van der Waals surface area contributed by atoms with Crippen LogP contribution in [0.25, 0.3) is 0 Å². The van der Waals surface area contributed by atoms with Crippen molar-refractivity contribution < 1.29 is 18.7 Å². The van der Waals surface area contributed by atoms with Crippen LogP contribution >= 0.6 is 0 Å². The number of rotatable bonds is 6. The van der Waals surface area contributed by atoms with E-state index in [1.54, 1.807) is 0 Å². The lowest BCUT2D eigenvalue weighted by atomic mass is 9.85. The topological polar surface area (TPSA) is 49.3 Å². The van der Waals surface area contributed by atoms with Crippen molar-refractivity contribution >= 4 is 5.91 Å². The van der Waals surface area contributed by atoms with Gasteiger partial charge >= 0.3 is 0 Å². The summed E-state index contributed by atoms with van der Waals surface area (Å²) in [6.07, 6.45) is 1.72. The van der Waals surface area contributed by atoms with Crippen LogP contribution in [0.2, 0.25) is 0 Å². The summed E-state index contributed by atoms with van der Waals surface area (Å²) in [4.78, 5) is 11.9. The number of hydrogen-bond acceptors (Lipinski definition) is 2. The lowest BCUT2D eigenvalue weighted by molar-refractivity contribution is -0.129. The number of halogens is 2. The van der Waals surface area contributed by atoms with Crippen LogP contribution in [0, 0.1) is 11.3 Å². The van der Waals surface area contributed by atoms with Gasteiger partial charge in [0.25, 0.3) is 0 Å². The number of aliphatic hydroxyl groups is 1.